The minimum Gasteiger partial charge on any atom is -0.335 e. The van der Waals surface area contributed by atoms with Gasteiger partial charge in [-0.3, -0.25) is 0 Å². The second-order valence-corrected chi connectivity index (χ2v) is 7.63. The van der Waals surface area contributed by atoms with Gasteiger partial charge in [-0.25, -0.2) is 4.79 Å². The summed E-state index contributed by atoms with van der Waals surface area (Å²) < 4.78 is 1.01. The van der Waals surface area contributed by atoms with E-state index in [1.54, 1.807) is 0 Å². The van der Waals surface area contributed by atoms with Gasteiger partial charge in [0.25, 0.3) is 0 Å². The van der Waals surface area contributed by atoms with Crippen LogP contribution in [-0.4, -0.2) is 12.1 Å². The molecule has 0 aromatic heterocycles. The average Bonchev–Trinajstić information content (AvgIpc) is 2.29. The normalized spacial score (nSPS) is 25.0. The van der Waals surface area contributed by atoms with E-state index in [-0.39, 0.29) is 12.1 Å². The van der Waals surface area contributed by atoms with E-state index < -0.39 is 0 Å². The molecule has 4 heteroatoms. The summed E-state index contributed by atoms with van der Waals surface area (Å²) in [7, 11) is 0. The molecule has 1 aliphatic carbocycles. The Morgan fingerprint density at radius 2 is 1.90 bits per heavy atom. The van der Waals surface area contributed by atoms with E-state index in [1.807, 2.05) is 24.3 Å². The van der Waals surface area contributed by atoms with Crippen LogP contribution in [0.25, 0.3) is 0 Å². The summed E-state index contributed by atoms with van der Waals surface area (Å²) in [5.74, 6) is 0.664. The molecule has 0 radical (unpaired) electrons. The summed E-state index contributed by atoms with van der Waals surface area (Å²) in [6, 6.07) is 7.77. The summed E-state index contributed by atoms with van der Waals surface area (Å²) >= 11 is 3.38. The summed E-state index contributed by atoms with van der Waals surface area (Å²) in [5, 5.41) is 5.99. The number of amides is 2. The minimum atomic E-state index is -0.109. The lowest BCUT2D eigenvalue weighted by Gasteiger charge is -2.39. The Morgan fingerprint density at radius 1 is 1.25 bits per heavy atom. The van der Waals surface area contributed by atoms with Gasteiger partial charge in [0.2, 0.25) is 0 Å². The number of anilines is 1. The number of nitrogens with one attached hydrogen (secondary N) is 2. The Kier molecular flexibility index (Phi) is 4.74. The van der Waals surface area contributed by atoms with E-state index in [9.17, 15) is 4.79 Å². The second-order valence-electron chi connectivity index (χ2n) is 6.72. The zero-order valence-corrected chi connectivity index (χ0v) is 14.0. The Hall–Kier alpha value is -1.03. The Labute approximate surface area is 129 Å². The monoisotopic (exact) mass is 338 g/mol. The molecule has 0 saturated heterocycles. The number of hydrogen-bond donors (Lipinski definition) is 2. The largest absolute Gasteiger partial charge is 0.335 e. The van der Waals surface area contributed by atoms with Crippen molar-refractivity contribution in [3.8, 4) is 0 Å². The van der Waals surface area contributed by atoms with Gasteiger partial charge in [-0.1, -0.05) is 36.7 Å². The van der Waals surface area contributed by atoms with E-state index >= 15 is 0 Å². The molecule has 1 aromatic rings. The lowest BCUT2D eigenvalue weighted by Crippen LogP contribution is -2.44. The highest BCUT2D eigenvalue weighted by Crippen LogP contribution is 2.38. The third-order valence-corrected chi connectivity index (χ3v) is 4.35. The number of carbonyl (C=O) groups is 1. The highest BCUT2D eigenvalue weighted by Gasteiger charge is 2.32. The van der Waals surface area contributed by atoms with E-state index in [4.69, 9.17) is 0 Å². The summed E-state index contributed by atoms with van der Waals surface area (Å²) in [6.45, 7) is 6.83. The lowest BCUT2D eigenvalue weighted by atomic mass is 9.71. The molecule has 0 bridgehead atoms. The van der Waals surface area contributed by atoms with Gasteiger partial charge < -0.3 is 10.6 Å². The van der Waals surface area contributed by atoms with Gasteiger partial charge >= 0.3 is 6.03 Å². The molecule has 20 heavy (non-hydrogen) atoms. The summed E-state index contributed by atoms with van der Waals surface area (Å²) in [4.78, 5) is 12.0. The molecule has 0 aliphatic heterocycles. The Balaban J connectivity index is 1.89. The van der Waals surface area contributed by atoms with Crippen LogP contribution in [0.5, 0.6) is 0 Å². The first kappa shape index (κ1) is 15.4. The van der Waals surface area contributed by atoms with Gasteiger partial charge in [0.05, 0.1) is 0 Å². The molecule has 2 atom stereocenters. The quantitative estimate of drug-likeness (QED) is 0.799. The smallest absolute Gasteiger partial charge is 0.319 e. The summed E-state index contributed by atoms with van der Waals surface area (Å²) in [5.41, 5.74) is 1.13. The number of urea groups is 1. The molecule has 0 heterocycles. The van der Waals surface area contributed by atoms with Crippen LogP contribution in [0, 0.1) is 11.3 Å². The fourth-order valence-corrected chi connectivity index (χ4v) is 3.61. The van der Waals surface area contributed by atoms with Gasteiger partial charge in [-0.2, -0.15) is 0 Å². The van der Waals surface area contributed by atoms with Gasteiger partial charge in [0.15, 0.2) is 0 Å². The number of carbonyl (C=O) groups excluding carboxylic acids is 1. The van der Waals surface area contributed by atoms with Crippen molar-refractivity contribution in [2.24, 2.45) is 11.3 Å². The van der Waals surface area contributed by atoms with Crippen molar-refractivity contribution in [2.45, 2.75) is 46.1 Å². The van der Waals surface area contributed by atoms with Crippen LogP contribution < -0.4 is 10.6 Å². The van der Waals surface area contributed by atoms with Crippen LogP contribution >= 0.6 is 15.9 Å². The zero-order chi connectivity index (χ0) is 14.8. The minimum absolute atomic E-state index is 0.109. The molecule has 1 aromatic carbocycles. The van der Waals surface area contributed by atoms with Gasteiger partial charge in [0.1, 0.15) is 0 Å². The maximum atomic E-state index is 12.0. The first-order chi connectivity index (χ1) is 9.34. The topological polar surface area (TPSA) is 41.1 Å². The number of benzene rings is 1. The predicted octanol–water partition coefficient (Wildman–Crippen LogP) is 4.79. The third-order valence-electron chi connectivity index (χ3n) is 3.82. The predicted molar refractivity (Wildman–Crippen MR) is 86.9 cm³/mol. The van der Waals surface area contributed by atoms with Crippen LogP contribution in [0.3, 0.4) is 0 Å². The van der Waals surface area contributed by atoms with E-state index in [0.717, 1.165) is 23.0 Å². The lowest BCUT2D eigenvalue weighted by molar-refractivity contribution is 0.154. The molecule has 0 spiro atoms. The number of rotatable bonds is 2. The molecular formula is C16H23BrN2O. The van der Waals surface area contributed by atoms with E-state index in [2.05, 4.69) is 47.3 Å². The fourth-order valence-electron chi connectivity index (χ4n) is 3.34. The molecular weight excluding hydrogens is 316 g/mol. The van der Waals surface area contributed by atoms with E-state index in [0.29, 0.717) is 11.3 Å². The molecule has 1 saturated carbocycles. The molecule has 1 fully saturated rings. The van der Waals surface area contributed by atoms with Gasteiger partial charge in [0, 0.05) is 16.2 Å². The molecule has 0 unspecified atom stereocenters. The number of halogens is 1. The van der Waals surface area contributed by atoms with Crippen LogP contribution in [0.1, 0.15) is 40.0 Å². The van der Waals surface area contributed by atoms with Gasteiger partial charge in [-0.05, 0) is 54.9 Å². The van der Waals surface area contributed by atoms with Crippen LogP contribution in [-0.2, 0) is 0 Å². The summed E-state index contributed by atoms with van der Waals surface area (Å²) in [6.07, 6.45) is 3.35. The Morgan fingerprint density at radius 3 is 2.50 bits per heavy atom. The highest BCUT2D eigenvalue weighted by molar-refractivity contribution is 9.10. The van der Waals surface area contributed by atoms with Crippen LogP contribution in [0.15, 0.2) is 28.7 Å². The van der Waals surface area contributed by atoms with Crippen molar-refractivity contribution in [1.29, 1.82) is 0 Å². The molecule has 2 amide bonds. The molecule has 3 nitrogen and oxygen atoms in total. The maximum absolute atomic E-state index is 12.0. The standard InChI is InChI=1S/C16H23BrN2O/c1-11-8-14(10-16(2,3)9-11)19-15(20)18-13-6-4-12(17)5-7-13/h4-7,11,14H,8-10H2,1-3H3,(H2,18,19,20)/t11-,14+/m0/s1. The molecule has 2 N–H and O–H groups in total. The first-order valence-electron chi connectivity index (χ1n) is 7.17. The molecule has 1 aliphatic rings. The molecule has 2 rings (SSSR count). The van der Waals surface area contributed by atoms with Crippen molar-refractivity contribution in [3.05, 3.63) is 28.7 Å². The Bertz CT molecular complexity index is 470. The van der Waals surface area contributed by atoms with Gasteiger partial charge in [-0.15, -0.1) is 0 Å². The maximum Gasteiger partial charge on any atom is 0.319 e. The second kappa shape index (κ2) is 6.17. The number of hydrogen-bond acceptors (Lipinski definition) is 1. The van der Waals surface area contributed by atoms with Crippen LogP contribution in [0.4, 0.5) is 10.5 Å². The third kappa shape index (κ3) is 4.51. The highest BCUT2D eigenvalue weighted by atomic mass is 79.9. The SMILES string of the molecule is C[C@H]1C[C@@H](NC(=O)Nc2ccc(Br)cc2)CC(C)(C)C1. The van der Waals surface area contributed by atoms with Crippen LogP contribution in [0.2, 0.25) is 0 Å². The fraction of sp³-hybridized carbons (Fsp3) is 0.562. The van der Waals surface area contributed by atoms with E-state index in [1.165, 1.54) is 6.42 Å². The van der Waals surface area contributed by atoms with Crippen molar-refractivity contribution in [2.75, 3.05) is 5.32 Å². The average molecular weight is 339 g/mol. The van der Waals surface area contributed by atoms with Crippen molar-refractivity contribution < 1.29 is 4.79 Å². The van der Waals surface area contributed by atoms with Crippen molar-refractivity contribution >= 4 is 27.6 Å². The zero-order valence-electron chi connectivity index (χ0n) is 12.4. The van der Waals surface area contributed by atoms with Crippen molar-refractivity contribution in [1.82, 2.24) is 5.32 Å². The molecule has 110 valence electrons. The van der Waals surface area contributed by atoms with Crippen molar-refractivity contribution in [3.63, 3.8) is 0 Å². The first-order valence-corrected chi connectivity index (χ1v) is 7.96.